The first-order valence-corrected chi connectivity index (χ1v) is 8.52. The first-order chi connectivity index (χ1) is 12.0. The van der Waals surface area contributed by atoms with Gasteiger partial charge in [-0.3, -0.25) is 4.79 Å². The van der Waals surface area contributed by atoms with E-state index in [9.17, 15) is 18.0 Å². The molecule has 3 N–H and O–H groups in total. The molecule has 0 radical (unpaired) electrons. The summed E-state index contributed by atoms with van der Waals surface area (Å²) in [5, 5.41) is 2.52. The van der Waals surface area contributed by atoms with E-state index in [1.54, 1.807) is 20.8 Å². The predicted molar refractivity (Wildman–Crippen MR) is 97.9 cm³/mol. The average Bonchev–Trinajstić information content (AvgIpc) is 3.00. The molecule has 1 aliphatic heterocycles. The molecule has 1 amide bonds. The highest BCUT2D eigenvalue weighted by Crippen LogP contribution is 2.35. The Hall–Kier alpha value is -1.51. The van der Waals surface area contributed by atoms with Crippen LogP contribution in [0.25, 0.3) is 0 Å². The molecule has 1 aromatic carbocycles. The van der Waals surface area contributed by atoms with Crippen LogP contribution < -0.4 is 15.8 Å². The standard InChI is InChI=1S/C18H25F3N2O3.ClH/c1-17(2,3)26-12-5-4-11(14(8-12)18(19,20)21)10-23-16(24)15-7-6-13(9-22)25-15;/h4-5,8,13,15H,6-7,9-10,22H2,1-3H3,(H,23,24);1H/t13-,15+;/m1./s1. The van der Waals surface area contributed by atoms with E-state index in [0.717, 1.165) is 6.07 Å². The molecule has 154 valence electrons. The SMILES string of the molecule is CC(C)(C)Oc1ccc(CNC(=O)[C@@H]2CC[C@H](CN)O2)c(C(F)(F)F)c1.Cl. The van der Waals surface area contributed by atoms with Gasteiger partial charge in [-0.2, -0.15) is 13.2 Å². The van der Waals surface area contributed by atoms with Gasteiger partial charge in [0.25, 0.3) is 0 Å². The third-order valence-corrected chi connectivity index (χ3v) is 3.93. The number of carbonyl (C=O) groups excluding carboxylic acids is 1. The lowest BCUT2D eigenvalue weighted by Gasteiger charge is -2.23. The molecular formula is C18H26ClF3N2O3. The molecule has 9 heteroatoms. The highest BCUT2D eigenvalue weighted by molar-refractivity contribution is 5.85. The number of amides is 1. The number of carbonyl (C=O) groups is 1. The van der Waals surface area contributed by atoms with Crippen LogP contribution in [0.1, 0.15) is 44.7 Å². The lowest BCUT2D eigenvalue weighted by atomic mass is 10.1. The second kappa shape index (κ2) is 9.12. The summed E-state index contributed by atoms with van der Waals surface area (Å²) in [6.45, 7) is 5.34. The van der Waals surface area contributed by atoms with Gasteiger partial charge in [0.2, 0.25) is 5.91 Å². The third kappa shape index (κ3) is 6.86. The Bertz CT molecular complexity index is 648. The van der Waals surface area contributed by atoms with Crippen molar-refractivity contribution in [3.8, 4) is 5.75 Å². The number of nitrogens with one attached hydrogen (secondary N) is 1. The zero-order valence-corrected chi connectivity index (χ0v) is 16.4. The van der Waals surface area contributed by atoms with E-state index in [0.29, 0.717) is 19.4 Å². The summed E-state index contributed by atoms with van der Waals surface area (Å²) in [5.41, 5.74) is 4.03. The van der Waals surface area contributed by atoms with Gasteiger partial charge in [-0.25, -0.2) is 0 Å². The van der Waals surface area contributed by atoms with Crippen LogP contribution in [0.5, 0.6) is 5.75 Å². The minimum Gasteiger partial charge on any atom is -0.488 e. The minimum atomic E-state index is -4.55. The van der Waals surface area contributed by atoms with Crippen LogP contribution in [0, 0.1) is 0 Å². The summed E-state index contributed by atoms with van der Waals surface area (Å²) in [6.07, 6.45) is -4.21. The number of hydrogen-bond donors (Lipinski definition) is 2. The molecular weight excluding hydrogens is 385 g/mol. The predicted octanol–water partition coefficient (Wildman–Crippen LogP) is 3.43. The summed E-state index contributed by atoms with van der Waals surface area (Å²) in [6, 6.07) is 3.75. The Balaban J connectivity index is 0.00000364. The maximum absolute atomic E-state index is 13.4. The Morgan fingerprint density at radius 2 is 1.96 bits per heavy atom. The molecule has 27 heavy (non-hydrogen) atoms. The van der Waals surface area contributed by atoms with E-state index in [4.69, 9.17) is 15.2 Å². The van der Waals surface area contributed by atoms with Crippen LogP contribution in [0.4, 0.5) is 13.2 Å². The maximum Gasteiger partial charge on any atom is 0.416 e. The van der Waals surface area contributed by atoms with E-state index < -0.39 is 29.4 Å². The van der Waals surface area contributed by atoms with Crippen LogP contribution in [-0.2, 0) is 22.3 Å². The number of rotatable bonds is 5. The molecule has 0 unspecified atom stereocenters. The first-order valence-electron chi connectivity index (χ1n) is 8.52. The van der Waals surface area contributed by atoms with Gasteiger partial charge in [0.1, 0.15) is 17.5 Å². The molecule has 5 nitrogen and oxygen atoms in total. The lowest BCUT2D eigenvalue weighted by Crippen LogP contribution is -2.35. The molecule has 0 aromatic heterocycles. The summed E-state index contributed by atoms with van der Waals surface area (Å²) in [5.74, 6) is -0.297. The van der Waals surface area contributed by atoms with Crippen molar-refractivity contribution in [2.24, 2.45) is 5.73 Å². The Morgan fingerprint density at radius 1 is 1.30 bits per heavy atom. The van der Waals surface area contributed by atoms with Crippen LogP contribution in [0.3, 0.4) is 0 Å². The maximum atomic E-state index is 13.4. The van der Waals surface area contributed by atoms with E-state index in [1.807, 2.05) is 0 Å². The molecule has 2 rings (SSSR count). The number of nitrogens with two attached hydrogens (primary N) is 1. The second-order valence-corrected chi connectivity index (χ2v) is 7.31. The van der Waals surface area contributed by atoms with Crippen molar-refractivity contribution in [1.29, 1.82) is 0 Å². The molecule has 2 atom stereocenters. The molecule has 1 aromatic rings. The van der Waals surface area contributed by atoms with Crippen molar-refractivity contribution in [2.75, 3.05) is 6.54 Å². The van der Waals surface area contributed by atoms with E-state index in [2.05, 4.69) is 5.32 Å². The Morgan fingerprint density at radius 3 is 2.48 bits per heavy atom. The monoisotopic (exact) mass is 410 g/mol. The fourth-order valence-electron chi connectivity index (χ4n) is 2.76. The van der Waals surface area contributed by atoms with Crippen LogP contribution in [0.2, 0.25) is 0 Å². The van der Waals surface area contributed by atoms with Gasteiger partial charge in [-0.15, -0.1) is 12.4 Å². The van der Waals surface area contributed by atoms with E-state index >= 15 is 0 Å². The molecule has 1 heterocycles. The number of ether oxygens (including phenoxy) is 2. The summed E-state index contributed by atoms with van der Waals surface area (Å²) in [7, 11) is 0. The largest absolute Gasteiger partial charge is 0.488 e. The summed E-state index contributed by atoms with van der Waals surface area (Å²) in [4.78, 5) is 12.1. The fraction of sp³-hybridized carbons (Fsp3) is 0.611. The summed E-state index contributed by atoms with van der Waals surface area (Å²) < 4.78 is 51.1. The first kappa shape index (κ1) is 23.5. The average molecular weight is 411 g/mol. The van der Waals surface area contributed by atoms with Crippen molar-refractivity contribution >= 4 is 18.3 Å². The zero-order chi connectivity index (χ0) is 19.5. The van der Waals surface area contributed by atoms with Crippen molar-refractivity contribution in [3.05, 3.63) is 29.3 Å². The topological polar surface area (TPSA) is 73.6 Å². The van der Waals surface area contributed by atoms with Gasteiger partial charge in [0.15, 0.2) is 0 Å². The zero-order valence-electron chi connectivity index (χ0n) is 15.6. The molecule has 1 fully saturated rings. The van der Waals surface area contributed by atoms with Gasteiger partial charge in [0, 0.05) is 13.1 Å². The Labute approximate surface area is 163 Å². The Kier molecular flexibility index (Phi) is 7.95. The molecule has 0 aliphatic carbocycles. The van der Waals surface area contributed by atoms with Crippen LogP contribution >= 0.6 is 12.4 Å². The third-order valence-electron chi connectivity index (χ3n) is 3.93. The van der Waals surface area contributed by atoms with Gasteiger partial charge < -0.3 is 20.5 Å². The lowest BCUT2D eigenvalue weighted by molar-refractivity contribution is -0.139. The molecule has 0 bridgehead atoms. The van der Waals surface area contributed by atoms with Crippen molar-refractivity contribution < 1.29 is 27.4 Å². The van der Waals surface area contributed by atoms with Crippen molar-refractivity contribution in [2.45, 2.75) is 64.1 Å². The quantitative estimate of drug-likeness (QED) is 0.780. The van der Waals surface area contributed by atoms with E-state index in [-0.39, 0.29) is 36.4 Å². The number of benzene rings is 1. The van der Waals surface area contributed by atoms with Crippen LogP contribution in [-0.4, -0.2) is 30.3 Å². The van der Waals surface area contributed by atoms with Crippen LogP contribution in [0.15, 0.2) is 18.2 Å². The highest BCUT2D eigenvalue weighted by atomic mass is 35.5. The van der Waals surface area contributed by atoms with Crippen molar-refractivity contribution in [3.63, 3.8) is 0 Å². The fourth-order valence-corrected chi connectivity index (χ4v) is 2.76. The molecule has 0 saturated carbocycles. The summed E-state index contributed by atoms with van der Waals surface area (Å²) >= 11 is 0. The molecule has 1 aliphatic rings. The highest BCUT2D eigenvalue weighted by Gasteiger charge is 2.35. The van der Waals surface area contributed by atoms with Gasteiger partial charge in [-0.05, 0) is 51.3 Å². The normalized spacial score (nSPS) is 20.1. The second-order valence-electron chi connectivity index (χ2n) is 7.31. The number of hydrogen-bond acceptors (Lipinski definition) is 4. The minimum absolute atomic E-state index is 0. The number of halogens is 4. The molecule has 1 saturated heterocycles. The van der Waals surface area contributed by atoms with Gasteiger partial charge in [0.05, 0.1) is 11.7 Å². The number of alkyl halides is 3. The smallest absolute Gasteiger partial charge is 0.416 e. The van der Waals surface area contributed by atoms with Crippen molar-refractivity contribution in [1.82, 2.24) is 5.32 Å². The van der Waals surface area contributed by atoms with E-state index in [1.165, 1.54) is 12.1 Å². The van der Waals surface area contributed by atoms with Gasteiger partial charge >= 0.3 is 6.18 Å². The molecule has 0 spiro atoms. The van der Waals surface area contributed by atoms with Gasteiger partial charge in [-0.1, -0.05) is 6.07 Å².